The molecule has 9 heteroatoms. The average molecular weight is 618 g/mol. The fourth-order valence-electron chi connectivity index (χ4n) is 4.71. The number of benzene rings is 4. The van der Waals surface area contributed by atoms with Crippen LogP contribution in [-0.4, -0.2) is 44.3 Å². The molecule has 4 aromatic rings. The molecule has 0 unspecified atom stereocenters. The summed E-state index contributed by atoms with van der Waals surface area (Å²) in [5, 5.41) is 3.30. The quantitative estimate of drug-likeness (QED) is 0.214. The SMILES string of the molecule is CCNC(=O)[C@@H](Cc1ccccc1)N(Cc1ccc(C)cc1)C(=O)CN(c1ccc(Cl)cc1)S(=O)(=O)c1ccc(C)cc1. The van der Waals surface area contributed by atoms with E-state index in [1.54, 1.807) is 36.4 Å². The summed E-state index contributed by atoms with van der Waals surface area (Å²) in [6.45, 7) is 5.64. The molecule has 0 aliphatic rings. The third kappa shape index (κ3) is 8.24. The maximum absolute atomic E-state index is 14.4. The molecular formula is C34H36ClN3O4S. The molecule has 0 aromatic heterocycles. The molecule has 7 nitrogen and oxygen atoms in total. The fraction of sp³-hybridized carbons (Fsp3) is 0.235. The van der Waals surface area contributed by atoms with Crippen molar-refractivity contribution in [2.45, 2.75) is 44.7 Å². The van der Waals surface area contributed by atoms with Crippen molar-refractivity contribution in [3.8, 4) is 0 Å². The van der Waals surface area contributed by atoms with Gasteiger partial charge in [0, 0.05) is 24.5 Å². The summed E-state index contributed by atoms with van der Waals surface area (Å²) in [6, 6.07) is 29.0. The van der Waals surface area contributed by atoms with Gasteiger partial charge in [-0.3, -0.25) is 13.9 Å². The summed E-state index contributed by atoms with van der Waals surface area (Å²) >= 11 is 6.12. The largest absolute Gasteiger partial charge is 0.355 e. The molecule has 0 saturated heterocycles. The fourth-order valence-corrected chi connectivity index (χ4v) is 6.25. The second-order valence-electron chi connectivity index (χ2n) is 10.4. The lowest BCUT2D eigenvalue weighted by atomic mass is 10.0. The molecule has 0 saturated carbocycles. The van der Waals surface area contributed by atoms with Crippen LogP contribution in [0.1, 0.15) is 29.2 Å². The minimum absolute atomic E-state index is 0.0514. The van der Waals surface area contributed by atoms with Crippen molar-refractivity contribution in [1.82, 2.24) is 10.2 Å². The van der Waals surface area contributed by atoms with Crippen molar-refractivity contribution in [2.75, 3.05) is 17.4 Å². The zero-order valence-corrected chi connectivity index (χ0v) is 26.1. The third-order valence-electron chi connectivity index (χ3n) is 7.10. The molecule has 43 heavy (non-hydrogen) atoms. The summed E-state index contributed by atoms with van der Waals surface area (Å²) in [4.78, 5) is 29.4. The number of sulfonamides is 1. The van der Waals surface area contributed by atoms with Crippen molar-refractivity contribution >= 4 is 39.1 Å². The van der Waals surface area contributed by atoms with Crippen molar-refractivity contribution in [1.29, 1.82) is 0 Å². The van der Waals surface area contributed by atoms with Gasteiger partial charge in [0.2, 0.25) is 11.8 Å². The van der Waals surface area contributed by atoms with Crippen LogP contribution in [0.3, 0.4) is 0 Å². The number of amides is 2. The topological polar surface area (TPSA) is 86.8 Å². The highest BCUT2D eigenvalue weighted by molar-refractivity contribution is 7.92. The second kappa shape index (κ2) is 14.4. The number of rotatable bonds is 12. The first-order valence-electron chi connectivity index (χ1n) is 14.1. The van der Waals surface area contributed by atoms with Gasteiger partial charge < -0.3 is 10.2 Å². The summed E-state index contributed by atoms with van der Waals surface area (Å²) in [6.07, 6.45) is 0.260. The summed E-state index contributed by atoms with van der Waals surface area (Å²) < 4.78 is 29.1. The standard InChI is InChI=1S/C34H36ClN3O4S/c1-4-36-34(40)32(22-27-8-6-5-7-9-27)37(23-28-14-10-25(2)11-15-28)33(39)24-38(30-18-16-29(35)17-19-30)43(41,42)31-20-12-26(3)13-21-31/h5-21,32H,4,22-24H2,1-3H3,(H,36,40)/t32-/m1/s1. The van der Waals surface area contributed by atoms with Gasteiger partial charge in [0.15, 0.2) is 0 Å². The number of anilines is 1. The van der Waals surface area contributed by atoms with Crippen LogP contribution < -0.4 is 9.62 Å². The van der Waals surface area contributed by atoms with Gasteiger partial charge in [0.25, 0.3) is 10.0 Å². The molecular weight excluding hydrogens is 582 g/mol. The van der Waals surface area contributed by atoms with Gasteiger partial charge in [-0.25, -0.2) is 8.42 Å². The van der Waals surface area contributed by atoms with Crippen LogP contribution in [0.25, 0.3) is 0 Å². The van der Waals surface area contributed by atoms with Crippen molar-refractivity contribution < 1.29 is 18.0 Å². The number of nitrogens with one attached hydrogen (secondary N) is 1. The van der Waals surface area contributed by atoms with Gasteiger partial charge in [-0.15, -0.1) is 0 Å². The van der Waals surface area contributed by atoms with Gasteiger partial charge in [-0.2, -0.15) is 0 Å². The Morgan fingerprint density at radius 2 is 1.37 bits per heavy atom. The third-order valence-corrected chi connectivity index (χ3v) is 9.14. The Kier molecular flexibility index (Phi) is 10.6. The van der Waals surface area contributed by atoms with E-state index in [1.165, 1.54) is 17.0 Å². The smallest absolute Gasteiger partial charge is 0.264 e. The lowest BCUT2D eigenvalue weighted by molar-refractivity contribution is -0.140. The van der Waals surface area contributed by atoms with Crippen molar-refractivity contribution in [2.24, 2.45) is 0 Å². The van der Waals surface area contributed by atoms with E-state index >= 15 is 0 Å². The molecule has 4 aromatic carbocycles. The van der Waals surface area contributed by atoms with Crippen LogP contribution in [0, 0.1) is 13.8 Å². The number of halogens is 1. The van der Waals surface area contributed by atoms with Gasteiger partial charge in [-0.05, 0) is 68.3 Å². The Hall–Kier alpha value is -4.14. The number of aryl methyl sites for hydroxylation is 2. The van der Waals surface area contributed by atoms with Crippen molar-refractivity contribution in [3.63, 3.8) is 0 Å². The molecule has 224 valence electrons. The molecule has 1 atom stereocenters. The first-order valence-corrected chi connectivity index (χ1v) is 15.9. The van der Waals surface area contributed by atoms with Crippen LogP contribution in [0.4, 0.5) is 5.69 Å². The minimum atomic E-state index is -4.16. The predicted octanol–water partition coefficient (Wildman–Crippen LogP) is 5.93. The van der Waals surface area contributed by atoms with E-state index in [1.807, 2.05) is 75.4 Å². The molecule has 2 amide bonds. The maximum Gasteiger partial charge on any atom is 0.264 e. The van der Waals surface area contributed by atoms with Crippen LogP contribution in [-0.2, 0) is 32.6 Å². The Morgan fingerprint density at radius 3 is 1.95 bits per heavy atom. The molecule has 0 spiro atoms. The number of nitrogens with zero attached hydrogens (tertiary/aromatic N) is 2. The van der Waals surface area contributed by atoms with E-state index in [4.69, 9.17) is 11.6 Å². The van der Waals surface area contributed by atoms with E-state index in [9.17, 15) is 18.0 Å². The highest BCUT2D eigenvalue weighted by Crippen LogP contribution is 2.26. The monoisotopic (exact) mass is 617 g/mol. The number of carbonyl (C=O) groups excluding carboxylic acids is 2. The molecule has 0 aliphatic carbocycles. The van der Waals surface area contributed by atoms with E-state index < -0.39 is 28.5 Å². The van der Waals surface area contributed by atoms with E-state index in [-0.39, 0.29) is 29.5 Å². The summed E-state index contributed by atoms with van der Waals surface area (Å²) in [5.74, 6) is -0.829. The van der Waals surface area contributed by atoms with Crippen LogP contribution in [0.15, 0.2) is 108 Å². The lowest BCUT2D eigenvalue weighted by Gasteiger charge is -2.34. The Balaban J connectivity index is 1.78. The Morgan fingerprint density at radius 1 is 0.791 bits per heavy atom. The molecule has 0 radical (unpaired) electrons. The number of likely N-dealkylation sites (N-methyl/N-ethyl adjacent to an activating group) is 1. The predicted molar refractivity (Wildman–Crippen MR) is 172 cm³/mol. The summed E-state index contributed by atoms with van der Waals surface area (Å²) in [7, 11) is -4.16. The lowest BCUT2D eigenvalue weighted by Crippen LogP contribution is -2.53. The number of hydrogen-bond acceptors (Lipinski definition) is 4. The highest BCUT2D eigenvalue weighted by Gasteiger charge is 2.34. The van der Waals surface area contributed by atoms with Gasteiger partial charge in [-0.1, -0.05) is 89.5 Å². The number of carbonyl (C=O) groups is 2. The maximum atomic E-state index is 14.4. The molecule has 0 aliphatic heterocycles. The first kappa shape index (κ1) is 31.8. The van der Waals surface area contributed by atoms with Crippen molar-refractivity contribution in [3.05, 3.63) is 130 Å². The number of hydrogen-bond donors (Lipinski definition) is 1. The minimum Gasteiger partial charge on any atom is -0.355 e. The molecule has 0 bridgehead atoms. The molecule has 0 fully saturated rings. The average Bonchev–Trinajstić information content (AvgIpc) is 3.00. The first-order chi connectivity index (χ1) is 20.6. The normalized spacial score (nSPS) is 11.9. The van der Waals surface area contributed by atoms with Crippen LogP contribution in [0.5, 0.6) is 0 Å². The van der Waals surface area contributed by atoms with Gasteiger partial charge in [0.1, 0.15) is 12.6 Å². The second-order valence-corrected chi connectivity index (χ2v) is 12.7. The van der Waals surface area contributed by atoms with Gasteiger partial charge >= 0.3 is 0 Å². The van der Waals surface area contributed by atoms with Crippen LogP contribution in [0.2, 0.25) is 5.02 Å². The highest BCUT2D eigenvalue weighted by atomic mass is 35.5. The van der Waals surface area contributed by atoms with Gasteiger partial charge in [0.05, 0.1) is 10.6 Å². The molecule has 1 N–H and O–H groups in total. The van der Waals surface area contributed by atoms with E-state index in [2.05, 4.69) is 5.32 Å². The Labute approximate surface area is 259 Å². The zero-order chi connectivity index (χ0) is 31.0. The van der Waals surface area contributed by atoms with Crippen LogP contribution >= 0.6 is 11.6 Å². The van der Waals surface area contributed by atoms with E-state index in [0.717, 1.165) is 26.6 Å². The molecule has 4 rings (SSSR count). The molecule has 0 heterocycles. The van der Waals surface area contributed by atoms with E-state index in [0.29, 0.717) is 11.6 Å². The Bertz CT molecular complexity index is 1630. The zero-order valence-electron chi connectivity index (χ0n) is 24.5. The summed E-state index contributed by atoms with van der Waals surface area (Å²) in [5.41, 5.74) is 3.95.